The maximum absolute atomic E-state index is 10.4. The maximum atomic E-state index is 10.4. The fourth-order valence-electron chi connectivity index (χ4n) is 2.42. The highest BCUT2D eigenvalue weighted by molar-refractivity contribution is 5.21. The zero-order chi connectivity index (χ0) is 10.1. The second-order valence-corrected chi connectivity index (χ2v) is 4.74. The van der Waals surface area contributed by atoms with Crippen LogP contribution in [0.25, 0.3) is 0 Å². The van der Waals surface area contributed by atoms with Gasteiger partial charge >= 0.3 is 0 Å². The molecule has 0 aromatic heterocycles. The molecule has 1 N–H and O–H groups in total. The Morgan fingerprint density at radius 1 is 1.62 bits per heavy atom. The van der Waals surface area contributed by atoms with Gasteiger partial charge in [-0.2, -0.15) is 0 Å². The molecule has 0 spiro atoms. The molecule has 0 amide bonds. The lowest BCUT2D eigenvalue weighted by molar-refractivity contribution is 0.0347. The smallest absolute Gasteiger partial charge is 0.0859 e. The SMILES string of the molecule is CCC1(O)C[C@H](C)CC=C1C(C)C. The van der Waals surface area contributed by atoms with E-state index in [-0.39, 0.29) is 0 Å². The molecule has 0 heterocycles. The highest BCUT2D eigenvalue weighted by Crippen LogP contribution is 2.38. The van der Waals surface area contributed by atoms with Crippen molar-refractivity contribution in [3.63, 3.8) is 0 Å². The van der Waals surface area contributed by atoms with Crippen LogP contribution >= 0.6 is 0 Å². The van der Waals surface area contributed by atoms with Crippen LogP contribution in [0.5, 0.6) is 0 Å². The van der Waals surface area contributed by atoms with E-state index in [1.807, 2.05) is 0 Å². The molecule has 13 heavy (non-hydrogen) atoms. The van der Waals surface area contributed by atoms with E-state index in [2.05, 4.69) is 33.8 Å². The van der Waals surface area contributed by atoms with Crippen molar-refractivity contribution in [2.45, 2.75) is 52.6 Å². The van der Waals surface area contributed by atoms with Gasteiger partial charge in [0.2, 0.25) is 0 Å². The molecule has 0 saturated carbocycles. The second kappa shape index (κ2) is 3.83. The monoisotopic (exact) mass is 182 g/mol. The van der Waals surface area contributed by atoms with Crippen LogP contribution in [0, 0.1) is 11.8 Å². The number of aliphatic hydroxyl groups is 1. The largest absolute Gasteiger partial charge is 0.386 e. The van der Waals surface area contributed by atoms with Gasteiger partial charge in [0.1, 0.15) is 0 Å². The summed E-state index contributed by atoms with van der Waals surface area (Å²) in [5.41, 5.74) is 0.749. The maximum Gasteiger partial charge on any atom is 0.0859 e. The van der Waals surface area contributed by atoms with E-state index in [9.17, 15) is 5.11 Å². The summed E-state index contributed by atoms with van der Waals surface area (Å²) in [5, 5.41) is 10.4. The molecule has 2 atom stereocenters. The van der Waals surface area contributed by atoms with Gasteiger partial charge in [0.15, 0.2) is 0 Å². The van der Waals surface area contributed by atoms with Crippen molar-refractivity contribution in [1.29, 1.82) is 0 Å². The Balaban J connectivity index is 2.90. The second-order valence-electron chi connectivity index (χ2n) is 4.74. The minimum atomic E-state index is -0.508. The Hall–Kier alpha value is -0.300. The summed E-state index contributed by atoms with van der Waals surface area (Å²) in [6.07, 6.45) is 5.17. The molecule has 0 aliphatic heterocycles. The Labute approximate surface area is 81.9 Å². The zero-order valence-electron chi connectivity index (χ0n) is 9.30. The summed E-state index contributed by atoms with van der Waals surface area (Å²) >= 11 is 0. The normalized spacial score (nSPS) is 34.9. The van der Waals surface area contributed by atoms with Crippen molar-refractivity contribution in [1.82, 2.24) is 0 Å². The molecule has 0 fully saturated rings. The predicted molar refractivity (Wildman–Crippen MR) is 56.6 cm³/mol. The third-order valence-electron chi connectivity index (χ3n) is 3.17. The summed E-state index contributed by atoms with van der Waals surface area (Å²) in [6, 6.07) is 0. The molecular formula is C12H22O. The van der Waals surface area contributed by atoms with Crippen molar-refractivity contribution >= 4 is 0 Å². The average Bonchev–Trinajstić information content (AvgIpc) is 2.03. The molecular weight excluding hydrogens is 160 g/mol. The van der Waals surface area contributed by atoms with E-state index in [0.717, 1.165) is 19.3 Å². The van der Waals surface area contributed by atoms with E-state index in [1.165, 1.54) is 5.57 Å². The van der Waals surface area contributed by atoms with Crippen molar-refractivity contribution in [3.8, 4) is 0 Å². The average molecular weight is 182 g/mol. The fourth-order valence-corrected chi connectivity index (χ4v) is 2.42. The van der Waals surface area contributed by atoms with E-state index >= 15 is 0 Å². The Bertz CT molecular complexity index is 205. The highest BCUT2D eigenvalue weighted by Gasteiger charge is 2.35. The predicted octanol–water partition coefficient (Wildman–Crippen LogP) is 3.14. The van der Waals surface area contributed by atoms with Crippen LogP contribution in [0.1, 0.15) is 47.0 Å². The minimum Gasteiger partial charge on any atom is -0.386 e. The number of allylic oxidation sites excluding steroid dienone is 1. The van der Waals surface area contributed by atoms with Crippen LogP contribution < -0.4 is 0 Å². The summed E-state index contributed by atoms with van der Waals surface area (Å²) in [6.45, 7) is 8.63. The standard InChI is InChI=1S/C12H22O/c1-5-12(13)8-10(4)6-7-11(12)9(2)3/h7,9-10,13H,5-6,8H2,1-4H3/t10-,12?/m1/s1. The van der Waals surface area contributed by atoms with Crippen LogP contribution in [0.15, 0.2) is 11.6 Å². The number of rotatable bonds is 2. The molecule has 1 aliphatic rings. The van der Waals surface area contributed by atoms with Gasteiger partial charge in [-0.15, -0.1) is 0 Å². The van der Waals surface area contributed by atoms with Crippen molar-refractivity contribution in [3.05, 3.63) is 11.6 Å². The van der Waals surface area contributed by atoms with Crippen LogP contribution in [-0.4, -0.2) is 10.7 Å². The first-order valence-corrected chi connectivity index (χ1v) is 5.42. The van der Waals surface area contributed by atoms with E-state index < -0.39 is 5.60 Å². The molecule has 0 aromatic carbocycles. The molecule has 0 radical (unpaired) electrons. The Morgan fingerprint density at radius 2 is 2.23 bits per heavy atom. The highest BCUT2D eigenvalue weighted by atomic mass is 16.3. The molecule has 0 saturated heterocycles. The van der Waals surface area contributed by atoms with Crippen molar-refractivity contribution < 1.29 is 5.11 Å². The summed E-state index contributed by atoms with van der Waals surface area (Å²) in [7, 11) is 0. The van der Waals surface area contributed by atoms with Crippen molar-refractivity contribution in [2.24, 2.45) is 11.8 Å². The summed E-state index contributed by atoms with van der Waals surface area (Å²) in [4.78, 5) is 0. The lowest BCUT2D eigenvalue weighted by Gasteiger charge is -2.38. The topological polar surface area (TPSA) is 20.2 Å². The van der Waals surface area contributed by atoms with Gasteiger partial charge in [0.25, 0.3) is 0 Å². The van der Waals surface area contributed by atoms with E-state index in [0.29, 0.717) is 11.8 Å². The Kier molecular flexibility index (Phi) is 3.18. The van der Waals surface area contributed by atoms with Crippen LogP contribution in [0.4, 0.5) is 0 Å². The Morgan fingerprint density at radius 3 is 2.69 bits per heavy atom. The van der Waals surface area contributed by atoms with Gasteiger partial charge in [0, 0.05) is 0 Å². The third-order valence-corrected chi connectivity index (χ3v) is 3.17. The molecule has 1 nitrogen and oxygen atoms in total. The number of hydrogen-bond donors (Lipinski definition) is 1. The molecule has 1 aliphatic carbocycles. The molecule has 1 unspecified atom stereocenters. The molecule has 0 bridgehead atoms. The summed E-state index contributed by atoms with van der Waals surface area (Å²) in [5.74, 6) is 1.12. The van der Waals surface area contributed by atoms with Gasteiger partial charge in [-0.25, -0.2) is 0 Å². The molecule has 1 heteroatoms. The quantitative estimate of drug-likeness (QED) is 0.650. The van der Waals surface area contributed by atoms with Gasteiger partial charge in [-0.3, -0.25) is 0 Å². The van der Waals surface area contributed by atoms with Gasteiger partial charge in [-0.05, 0) is 36.7 Å². The van der Waals surface area contributed by atoms with Crippen LogP contribution in [0.2, 0.25) is 0 Å². The lowest BCUT2D eigenvalue weighted by atomic mass is 9.73. The van der Waals surface area contributed by atoms with E-state index in [1.54, 1.807) is 0 Å². The molecule has 76 valence electrons. The first kappa shape index (κ1) is 10.8. The summed E-state index contributed by atoms with van der Waals surface area (Å²) < 4.78 is 0. The third kappa shape index (κ3) is 2.14. The molecule has 1 rings (SSSR count). The number of hydrogen-bond acceptors (Lipinski definition) is 1. The van der Waals surface area contributed by atoms with Gasteiger partial charge in [-0.1, -0.05) is 33.8 Å². The first-order chi connectivity index (χ1) is 5.99. The van der Waals surface area contributed by atoms with Crippen LogP contribution in [-0.2, 0) is 0 Å². The van der Waals surface area contributed by atoms with Gasteiger partial charge < -0.3 is 5.11 Å². The zero-order valence-corrected chi connectivity index (χ0v) is 9.30. The lowest BCUT2D eigenvalue weighted by Crippen LogP contribution is -2.37. The fraction of sp³-hybridized carbons (Fsp3) is 0.833. The van der Waals surface area contributed by atoms with Crippen LogP contribution in [0.3, 0.4) is 0 Å². The van der Waals surface area contributed by atoms with Gasteiger partial charge in [0.05, 0.1) is 5.60 Å². The van der Waals surface area contributed by atoms with Crippen molar-refractivity contribution in [2.75, 3.05) is 0 Å². The first-order valence-electron chi connectivity index (χ1n) is 5.42. The molecule has 0 aromatic rings. The van der Waals surface area contributed by atoms with E-state index in [4.69, 9.17) is 0 Å². The minimum absolute atomic E-state index is 0.484.